The van der Waals surface area contributed by atoms with Gasteiger partial charge in [0.05, 0.1) is 5.69 Å². The average Bonchev–Trinajstić information content (AvgIpc) is 2.14. The Hall–Kier alpha value is -1.91. The number of esters is 1. The van der Waals surface area contributed by atoms with Crippen molar-refractivity contribution in [1.29, 1.82) is 0 Å². The molecule has 0 bridgehead atoms. The summed E-state index contributed by atoms with van der Waals surface area (Å²) in [6.45, 7) is 6.68. The van der Waals surface area contributed by atoms with Gasteiger partial charge in [0.2, 0.25) is 5.91 Å². The maximum Gasteiger partial charge on any atom is 0.359 e. The van der Waals surface area contributed by atoms with Crippen LogP contribution in [0.3, 0.4) is 0 Å². The second-order valence-corrected chi connectivity index (χ2v) is 4.58. The molecule has 17 heavy (non-hydrogen) atoms. The van der Waals surface area contributed by atoms with Crippen molar-refractivity contribution in [3.05, 3.63) is 24.0 Å². The summed E-state index contributed by atoms with van der Waals surface area (Å²) in [5, 5.41) is 2.54. The van der Waals surface area contributed by atoms with E-state index in [1.54, 1.807) is 32.9 Å². The largest absolute Gasteiger partial charge is 0.455 e. The molecule has 1 heterocycles. The van der Waals surface area contributed by atoms with Gasteiger partial charge in [-0.25, -0.2) is 9.78 Å². The lowest BCUT2D eigenvalue weighted by Crippen LogP contribution is -2.25. The van der Waals surface area contributed by atoms with E-state index in [2.05, 4.69) is 10.3 Å². The molecule has 0 aliphatic heterocycles. The van der Waals surface area contributed by atoms with Crippen LogP contribution in [0.2, 0.25) is 0 Å². The Bertz CT molecular complexity index is 436. The van der Waals surface area contributed by atoms with E-state index < -0.39 is 11.6 Å². The molecule has 0 aliphatic rings. The van der Waals surface area contributed by atoms with Crippen LogP contribution >= 0.6 is 0 Å². The third-order valence-electron chi connectivity index (χ3n) is 1.71. The van der Waals surface area contributed by atoms with Gasteiger partial charge in [0.15, 0.2) is 5.69 Å². The summed E-state index contributed by atoms with van der Waals surface area (Å²) in [5.41, 5.74) is -0.130. The van der Waals surface area contributed by atoms with E-state index in [-0.39, 0.29) is 11.6 Å². The second kappa shape index (κ2) is 4.95. The van der Waals surface area contributed by atoms with E-state index in [1.165, 1.54) is 13.1 Å². The van der Waals surface area contributed by atoms with Crippen LogP contribution in [0.5, 0.6) is 0 Å². The topological polar surface area (TPSA) is 68.3 Å². The average molecular weight is 236 g/mol. The highest BCUT2D eigenvalue weighted by atomic mass is 16.6. The molecule has 0 spiro atoms. The fraction of sp³-hybridized carbons (Fsp3) is 0.417. The standard InChI is InChI=1S/C12H16N2O3/c1-8(15)14-9-6-5-7-13-10(9)11(16)17-12(2,3)4/h5-7H,1-4H3,(H,14,15). The van der Waals surface area contributed by atoms with Gasteiger partial charge in [-0.15, -0.1) is 0 Å². The summed E-state index contributed by atoms with van der Waals surface area (Å²) in [4.78, 5) is 26.7. The van der Waals surface area contributed by atoms with Crippen LogP contribution in [-0.2, 0) is 9.53 Å². The first-order valence-electron chi connectivity index (χ1n) is 5.25. The molecule has 1 aromatic heterocycles. The maximum absolute atomic E-state index is 11.8. The number of ether oxygens (including phenoxy) is 1. The van der Waals surface area contributed by atoms with Crippen molar-refractivity contribution in [2.45, 2.75) is 33.3 Å². The summed E-state index contributed by atoms with van der Waals surface area (Å²) in [7, 11) is 0. The Morgan fingerprint density at radius 3 is 2.53 bits per heavy atom. The lowest BCUT2D eigenvalue weighted by Gasteiger charge is -2.19. The summed E-state index contributed by atoms with van der Waals surface area (Å²) in [6, 6.07) is 3.24. The summed E-state index contributed by atoms with van der Waals surface area (Å²) in [5.74, 6) is -0.815. The smallest absolute Gasteiger partial charge is 0.359 e. The molecule has 1 aromatic rings. The van der Waals surface area contributed by atoms with Gasteiger partial charge < -0.3 is 10.1 Å². The van der Waals surface area contributed by atoms with Crippen LogP contribution < -0.4 is 5.32 Å². The molecule has 5 heteroatoms. The van der Waals surface area contributed by atoms with Gasteiger partial charge in [0.25, 0.3) is 0 Å². The number of nitrogens with zero attached hydrogens (tertiary/aromatic N) is 1. The predicted molar refractivity (Wildman–Crippen MR) is 63.7 cm³/mol. The van der Waals surface area contributed by atoms with Crippen LogP contribution in [0.25, 0.3) is 0 Å². The first-order chi connectivity index (χ1) is 7.79. The van der Waals surface area contributed by atoms with Crippen molar-refractivity contribution in [2.75, 3.05) is 5.32 Å². The van der Waals surface area contributed by atoms with E-state index in [0.717, 1.165) is 0 Å². The lowest BCUT2D eigenvalue weighted by atomic mass is 10.2. The second-order valence-electron chi connectivity index (χ2n) is 4.58. The van der Waals surface area contributed by atoms with Gasteiger partial charge in [-0.3, -0.25) is 4.79 Å². The first-order valence-corrected chi connectivity index (χ1v) is 5.25. The summed E-state index contributed by atoms with van der Waals surface area (Å²) in [6.07, 6.45) is 1.48. The molecule has 92 valence electrons. The number of aromatic nitrogens is 1. The van der Waals surface area contributed by atoms with Crippen molar-refractivity contribution in [3.63, 3.8) is 0 Å². The van der Waals surface area contributed by atoms with Gasteiger partial charge in [0, 0.05) is 13.1 Å². The van der Waals surface area contributed by atoms with Gasteiger partial charge >= 0.3 is 5.97 Å². The van der Waals surface area contributed by atoms with E-state index in [4.69, 9.17) is 4.74 Å². The highest BCUT2D eigenvalue weighted by Crippen LogP contribution is 2.17. The molecule has 0 unspecified atom stereocenters. The van der Waals surface area contributed by atoms with Crippen LogP contribution in [0.15, 0.2) is 18.3 Å². The molecule has 0 radical (unpaired) electrons. The molecule has 0 aromatic carbocycles. The number of amides is 1. The number of anilines is 1. The van der Waals surface area contributed by atoms with Crippen molar-refractivity contribution in [1.82, 2.24) is 4.98 Å². The third kappa shape index (κ3) is 4.22. The molecule has 0 saturated heterocycles. The molecule has 0 aliphatic carbocycles. The quantitative estimate of drug-likeness (QED) is 0.797. The van der Waals surface area contributed by atoms with E-state index >= 15 is 0 Å². The maximum atomic E-state index is 11.8. The molecule has 1 N–H and O–H groups in total. The van der Waals surface area contributed by atoms with E-state index in [9.17, 15) is 9.59 Å². The Morgan fingerprint density at radius 1 is 1.35 bits per heavy atom. The van der Waals surface area contributed by atoms with Crippen molar-refractivity contribution >= 4 is 17.6 Å². The monoisotopic (exact) mass is 236 g/mol. The first kappa shape index (κ1) is 13.2. The van der Waals surface area contributed by atoms with E-state index in [0.29, 0.717) is 5.69 Å². The summed E-state index contributed by atoms with van der Waals surface area (Å²) < 4.78 is 5.19. The van der Waals surface area contributed by atoms with Gasteiger partial charge in [-0.2, -0.15) is 0 Å². The minimum Gasteiger partial charge on any atom is -0.455 e. The fourth-order valence-corrected chi connectivity index (χ4v) is 1.18. The summed E-state index contributed by atoms with van der Waals surface area (Å²) >= 11 is 0. The molecule has 0 atom stereocenters. The highest BCUT2D eigenvalue weighted by molar-refractivity contribution is 5.99. The minimum atomic E-state index is -0.595. The normalized spacial score (nSPS) is 10.8. The zero-order chi connectivity index (χ0) is 13.1. The van der Waals surface area contributed by atoms with Crippen LogP contribution in [0.4, 0.5) is 5.69 Å². The van der Waals surface area contributed by atoms with Gasteiger partial charge in [-0.05, 0) is 32.9 Å². The van der Waals surface area contributed by atoms with Crippen LogP contribution in [0.1, 0.15) is 38.2 Å². The van der Waals surface area contributed by atoms with E-state index in [1.807, 2.05) is 0 Å². The Labute approximate surface area is 100 Å². The molecule has 0 saturated carbocycles. The minimum absolute atomic E-state index is 0.109. The third-order valence-corrected chi connectivity index (χ3v) is 1.71. The SMILES string of the molecule is CC(=O)Nc1cccnc1C(=O)OC(C)(C)C. The number of hydrogen-bond donors (Lipinski definition) is 1. The molecule has 0 fully saturated rings. The van der Waals surface area contributed by atoms with Crippen molar-refractivity contribution in [2.24, 2.45) is 0 Å². The van der Waals surface area contributed by atoms with Crippen molar-refractivity contribution in [3.8, 4) is 0 Å². The number of hydrogen-bond acceptors (Lipinski definition) is 4. The lowest BCUT2D eigenvalue weighted by molar-refractivity contribution is -0.114. The highest BCUT2D eigenvalue weighted by Gasteiger charge is 2.21. The van der Waals surface area contributed by atoms with Crippen molar-refractivity contribution < 1.29 is 14.3 Å². The Kier molecular flexibility index (Phi) is 3.83. The molecule has 5 nitrogen and oxygen atoms in total. The van der Waals surface area contributed by atoms with Gasteiger partial charge in [0.1, 0.15) is 5.60 Å². The Morgan fingerprint density at radius 2 is 2.00 bits per heavy atom. The predicted octanol–water partition coefficient (Wildman–Crippen LogP) is 2.00. The molecule has 1 rings (SSSR count). The zero-order valence-electron chi connectivity index (χ0n) is 10.4. The van der Waals surface area contributed by atoms with Crippen LogP contribution in [-0.4, -0.2) is 22.5 Å². The number of carbonyl (C=O) groups is 2. The fourth-order valence-electron chi connectivity index (χ4n) is 1.18. The van der Waals surface area contributed by atoms with Crippen LogP contribution in [0, 0.1) is 0 Å². The molecule has 1 amide bonds. The van der Waals surface area contributed by atoms with Gasteiger partial charge in [-0.1, -0.05) is 0 Å². The number of pyridine rings is 1. The molecular formula is C12H16N2O3. The number of rotatable bonds is 2. The zero-order valence-corrected chi connectivity index (χ0v) is 10.4. The number of nitrogens with one attached hydrogen (secondary N) is 1. The Balaban J connectivity index is 2.97. The number of carbonyl (C=O) groups excluding carboxylic acids is 2. The molecular weight excluding hydrogens is 220 g/mol.